The minimum absolute atomic E-state index is 0.0171. The molecule has 0 spiro atoms. The first-order chi connectivity index (χ1) is 12.1. The molecule has 0 radical (unpaired) electrons. The van der Waals surface area contributed by atoms with E-state index in [0.717, 1.165) is 27.6 Å². The van der Waals surface area contributed by atoms with E-state index in [1.807, 2.05) is 6.92 Å². The summed E-state index contributed by atoms with van der Waals surface area (Å²) in [6, 6.07) is 6.26. The lowest BCUT2D eigenvalue weighted by Gasteiger charge is -2.12. The van der Waals surface area contributed by atoms with Gasteiger partial charge in [0.25, 0.3) is 0 Å². The molecule has 3 rings (SSSR count). The van der Waals surface area contributed by atoms with Gasteiger partial charge in [-0.2, -0.15) is 0 Å². The molecule has 1 heterocycles. The number of halogens is 1. The molecular weight excluding hydrogens is 335 g/mol. The van der Waals surface area contributed by atoms with E-state index in [1.54, 1.807) is 12.1 Å². The Bertz CT molecular complexity index is 765. The molecule has 25 heavy (non-hydrogen) atoms. The molecular formula is C20H23FN2OS. The van der Waals surface area contributed by atoms with E-state index >= 15 is 0 Å². The van der Waals surface area contributed by atoms with Gasteiger partial charge in [-0.15, -0.1) is 11.3 Å². The largest absolute Gasteiger partial charge is 0.355 e. The Morgan fingerprint density at radius 3 is 2.80 bits per heavy atom. The van der Waals surface area contributed by atoms with Gasteiger partial charge in [0, 0.05) is 17.0 Å². The first-order valence-corrected chi connectivity index (χ1v) is 9.60. The summed E-state index contributed by atoms with van der Waals surface area (Å²) in [6.45, 7) is 2.61. The lowest BCUT2D eigenvalue weighted by Crippen LogP contribution is -2.26. The smallest absolute Gasteiger partial charge is 0.225 e. The summed E-state index contributed by atoms with van der Waals surface area (Å²) in [4.78, 5) is 17.7. The van der Waals surface area contributed by atoms with Crippen molar-refractivity contribution in [3.05, 3.63) is 51.6 Å². The predicted octanol–water partition coefficient (Wildman–Crippen LogP) is 4.81. The molecule has 1 aromatic carbocycles. The average molecular weight is 358 g/mol. The van der Waals surface area contributed by atoms with Crippen LogP contribution in [0.4, 0.5) is 4.39 Å². The first kappa shape index (κ1) is 17.8. The molecule has 1 aromatic heterocycles. The van der Waals surface area contributed by atoms with E-state index in [9.17, 15) is 9.18 Å². The van der Waals surface area contributed by atoms with Crippen LogP contribution in [0.15, 0.2) is 35.9 Å². The summed E-state index contributed by atoms with van der Waals surface area (Å²) >= 11 is 1.53. The molecule has 0 aliphatic heterocycles. The van der Waals surface area contributed by atoms with Crippen LogP contribution < -0.4 is 5.32 Å². The van der Waals surface area contributed by atoms with Gasteiger partial charge in [-0.1, -0.05) is 11.6 Å². The number of aryl methyl sites for hydroxylation is 1. The van der Waals surface area contributed by atoms with Crippen molar-refractivity contribution in [2.24, 2.45) is 0 Å². The fraction of sp³-hybridized carbons (Fsp3) is 0.400. The summed E-state index contributed by atoms with van der Waals surface area (Å²) in [5.74, 6) is -0.254. The van der Waals surface area contributed by atoms with E-state index in [4.69, 9.17) is 0 Å². The highest BCUT2D eigenvalue weighted by molar-refractivity contribution is 7.12. The molecule has 1 aliphatic rings. The van der Waals surface area contributed by atoms with Gasteiger partial charge in [-0.05, 0) is 63.3 Å². The minimum atomic E-state index is -0.271. The number of thiazole rings is 1. The number of amides is 1. The third-order valence-electron chi connectivity index (χ3n) is 4.40. The minimum Gasteiger partial charge on any atom is -0.355 e. The van der Waals surface area contributed by atoms with Gasteiger partial charge in [0.05, 0.1) is 17.1 Å². The Morgan fingerprint density at radius 1 is 1.28 bits per heavy atom. The number of hydrogen-bond donors (Lipinski definition) is 1. The lowest BCUT2D eigenvalue weighted by atomic mass is 9.97. The first-order valence-electron chi connectivity index (χ1n) is 8.78. The van der Waals surface area contributed by atoms with Crippen molar-refractivity contribution in [2.45, 2.75) is 45.4 Å². The fourth-order valence-corrected chi connectivity index (χ4v) is 4.08. The Kier molecular flexibility index (Phi) is 5.97. The number of rotatable bonds is 6. The number of hydrogen-bond acceptors (Lipinski definition) is 3. The van der Waals surface area contributed by atoms with E-state index in [2.05, 4.69) is 16.4 Å². The van der Waals surface area contributed by atoms with Crippen molar-refractivity contribution in [1.29, 1.82) is 0 Å². The molecule has 0 fully saturated rings. The molecule has 2 aromatic rings. The van der Waals surface area contributed by atoms with Crippen LogP contribution in [0.3, 0.4) is 0 Å². The van der Waals surface area contributed by atoms with Crippen LogP contribution in [0.25, 0.3) is 11.3 Å². The summed E-state index contributed by atoms with van der Waals surface area (Å²) in [6.07, 6.45) is 8.46. The highest BCUT2D eigenvalue weighted by atomic mass is 32.1. The Labute approximate surface area is 152 Å². The molecule has 0 bridgehead atoms. The van der Waals surface area contributed by atoms with Crippen molar-refractivity contribution >= 4 is 17.2 Å². The zero-order valence-electron chi connectivity index (χ0n) is 14.5. The second-order valence-corrected chi connectivity index (χ2v) is 7.68. The molecule has 0 saturated carbocycles. The van der Waals surface area contributed by atoms with Gasteiger partial charge in [0.1, 0.15) is 5.82 Å². The van der Waals surface area contributed by atoms with Crippen LogP contribution in [0.5, 0.6) is 0 Å². The summed E-state index contributed by atoms with van der Waals surface area (Å²) in [7, 11) is 0. The summed E-state index contributed by atoms with van der Waals surface area (Å²) < 4.78 is 13.1. The number of allylic oxidation sites excluding steroid dienone is 1. The zero-order valence-corrected chi connectivity index (χ0v) is 15.3. The Hall–Kier alpha value is -2.01. The molecule has 1 aliphatic carbocycles. The number of nitrogens with one attached hydrogen (secondary N) is 1. The molecule has 3 nitrogen and oxygen atoms in total. The summed E-state index contributed by atoms with van der Waals surface area (Å²) in [5.41, 5.74) is 3.10. The van der Waals surface area contributed by atoms with Crippen molar-refractivity contribution < 1.29 is 9.18 Å². The topological polar surface area (TPSA) is 42.0 Å². The van der Waals surface area contributed by atoms with Gasteiger partial charge in [0.15, 0.2) is 0 Å². The van der Waals surface area contributed by atoms with Crippen LogP contribution in [-0.2, 0) is 11.2 Å². The van der Waals surface area contributed by atoms with Crippen LogP contribution >= 0.6 is 11.3 Å². The average Bonchev–Trinajstić information content (AvgIpc) is 2.97. The summed E-state index contributed by atoms with van der Waals surface area (Å²) in [5, 5.41) is 3.93. The maximum atomic E-state index is 13.1. The lowest BCUT2D eigenvalue weighted by molar-refractivity contribution is -0.120. The molecule has 0 saturated heterocycles. The van der Waals surface area contributed by atoms with Crippen molar-refractivity contribution in [3.63, 3.8) is 0 Å². The van der Waals surface area contributed by atoms with Crippen LogP contribution in [0, 0.1) is 12.7 Å². The van der Waals surface area contributed by atoms with Gasteiger partial charge in [-0.3, -0.25) is 4.79 Å². The second kappa shape index (κ2) is 8.39. The van der Waals surface area contributed by atoms with Crippen molar-refractivity contribution in [2.75, 3.05) is 6.54 Å². The molecule has 0 atom stereocenters. The second-order valence-electron chi connectivity index (χ2n) is 6.40. The number of carbonyl (C=O) groups is 1. The maximum absolute atomic E-state index is 13.1. The van der Waals surface area contributed by atoms with Crippen LogP contribution in [-0.4, -0.2) is 17.4 Å². The van der Waals surface area contributed by atoms with Crippen molar-refractivity contribution in [3.8, 4) is 11.3 Å². The third-order valence-corrected chi connectivity index (χ3v) is 5.37. The molecule has 1 N–H and O–H groups in total. The standard InChI is InChI=1S/C20H23FN2OS/c1-14-23-20(16-7-9-17(21)10-8-16)18(25-14)13-19(24)22-12-11-15-5-3-2-4-6-15/h5,7-10H,2-4,6,11-13H2,1H3,(H,22,24). The highest BCUT2D eigenvalue weighted by Crippen LogP contribution is 2.28. The van der Waals surface area contributed by atoms with Gasteiger partial charge in [0.2, 0.25) is 5.91 Å². The maximum Gasteiger partial charge on any atom is 0.225 e. The van der Waals surface area contributed by atoms with Gasteiger partial charge >= 0.3 is 0 Å². The van der Waals surface area contributed by atoms with Gasteiger partial charge in [-0.25, -0.2) is 9.37 Å². The van der Waals surface area contributed by atoms with Crippen LogP contribution in [0.2, 0.25) is 0 Å². The Balaban J connectivity index is 1.59. The van der Waals surface area contributed by atoms with Crippen molar-refractivity contribution in [1.82, 2.24) is 10.3 Å². The normalized spacial score (nSPS) is 14.2. The molecule has 5 heteroatoms. The molecule has 132 valence electrons. The number of nitrogens with zero attached hydrogens (tertiary/aromatic N) is 1. The highest BCUT2D eigenvalue weighted by Gasteiger charge is 2.15. The van der Waals surface area contributed by atoms with Gasteiger partial charge < -0.3 is 5.32 Å². The van der Waals surface area contributed by atoms with E-state index in [0.29, 0.717) is 13.0 Å². The van der Waals surface area contributed by atoms with E-state index < -0.39 is 0 Å². The van der Waals surface area contributed by atoms with E-state index in [-0.39, 0.29) is 11.7 Å². The number of aromatic nitrogens is 1. The third kappa shape index (κ3) is 4.98. The number of benzene rings is 1. The quantitative estimate of drug-likeness (QED) is 0.753. The predicted molar refractivity (Wildman–Crippen MR) is 100 cm³/mol. The van der Waals surface area contributed by atoms with Crippen LogP contribution in [0.1, 0.15) is 42.0 Å². The SMILES string of the molecule is Cc1nc(-c2ccc(F)cc2)c(CC(=O)NCCC2=CCCCC2)s1. The number of carbonyl (C=O) groups excluding carboxylic acids is 1. The molecule has 1 amide bonds. The Morgan fingerprint density at radius 2 is 2.08 bits per heavy atom. The van der Waals surface area contributed by atoms with E-state index in [1.165, 1.54) is 54.7 Å². The zero-order chi connectivity index (χ0) is 17.6. The molecule has 0 unspecified atom stereocenters. The fourth-order valence-electron chi connectivity index (χ4n) is 3.12. The monoisotopic (exact) mass is 358 g/mol.